The molecule has 0 radical (unpaired) electrons. The minimum absolute atomic E-state index is 0.278. The maximum absolute atomic E-state index is 11.4. The molecular formula is C11H11ClO4S. The van der Waals surface area contributed by atoms with Gasteiger partial charge in [-0.05, 0) is 24.3 Å². The van der Waals surface area contributed by atoms with Crippen molar-refractivity contribution < 1.29 is 19.4 Å². The third kappa shape index (κ3) is 4.66. The van der Waals surface area contributed by atoms with Crippen LogP contribution in [0.2, 0.25) is 5.02 Å². The van der Waals surface area contributed by atoms with E-state index in [1.807, 2.05) is 0 Å². The number of carbonyl (C=O) groups excluding carboxylic acids is 1. The van der Waals surface area contributed by atoms with Crippen molar-refractivity contribution in [3.63, 3.8) is 0 Å². The van der Waals surface area contributed by atoms with Crippen LogP contribution in [0.3, 0.4) is 0 Å². The maximum Gasteiger partial charge on any atom is 0.319 e. The van der Waals surface area contributed by atoms with E-state index in [0.717, 1.165) is 16.7 Å². The molecular weight excluding hydrogens is 264 g/mol. The molecule has 1 aromatic rings. The molecule has 4 nitrogen and oxygen atoms in total. The summed E-state index contributed by atoms with van der Waals surface area (Å²) >= 11 is 6.87. The molecule has 92 valence electrons. The predicted molar refractivity (Wildman–Crippen MR) is 65.4 cm³/mol. The number of esters is 1. The first-order chi connectivity index (χ1) is 8.02. The quantitative estimate of drug-likeness (QED) is 0.660. The molecule has 1 N–H and O–H groups in total. The summed E-state index contributed by atoms with van der Waals surface area (Å²) in [7, 11) is 1.24. The van der Waals surface area contributed by atoms with Crippen molar-refractivity contribution in [1.82, 2.24) is 0 Å². The largest absolute Gasteiger partial charge is 0.481 e. The minimum atomic E-state index is -1.04. The van der Waals surface area contributed by atoms with E-state index in [0.29, 0.717) is 5.02 Å². The van der Waals surface area contributed by atoms with Crippen molar-refractivity contribution >= 4 is 35.3 Å². The Labute approximate surface area is 108 Å². The number of aliphatic carboxylic acids is 1. The number of carboxylic acid groups (broad SMARTS) is 1. The molecule has 0 saturated heterocycles. The Balaban J connectivity index is 2.75. The third-order valence-electron chi connectivity index (χ3n) is 1.92. The summed E-state index contributed by atoms with van der Waals surface area (Å²) in [4.78, 5) is 22.8. The van der Waals surface area contributed by atoms with E-state index in [1.165, 1.54) is 7.11 Å². The molecule has 1 unspecified atom stereocenters. The molecule has 0 bridgehead atoms. The van der Waals surface area contributed by atoms with Crippen LogP contribution < -0.4 is 0 Å². The zero-order chi connectivity index (χ0) is 12.8. The standard InChI is InChI=1S/C11H11ClO4S/c1-16-11(15)9(6-10(13)14)17-8-4-2-7(12)3-5-8/h2-5,9H,6H2,1H3,(H,13,14). The normalized spacial score (nSPS) is 11.9. The van der Waals surface area contributed by atoms with Gasteiger partial charge in [0, 0.05) is 9.92 Å². The first-order valence-corrected chi connectivity index (χ1v) is 6.00. The molecule has 0 saturated carbocycles. The Morgan fingerprint density at radius 3 is 2.47 bits per heavy atom. The number of halogens is 1. The van der Waals surface area contributed by atoms with Gasteiger partial charge in [0.15, 0.2) is 0 Å². The molecule has 6 heteroatoms. The SMILES string of the molecule is COC(=O)C(CC(=O)O)Sc1ccc(Cl)cc1. The molecule has 17 heavy (non-hydrogen) atoms. The predicted octanol–water partition coefficient (Wildman–Crippen LogP) is 2.45. The Morgan fingerprint density at radius 2 is 2.00 bits per heavy atom. The second kappa shape index (κ2) is 6.51. The highest BCUT2D eigenvalue weighted by molar-refractivity contribution is 8.00. The minimum Gasteiger partial charge on any atom is -0.481 e. The van der Waals surface area contributed by atoms with Gasteiger partial charge in [-0.2, -0.15) is 0 Å². The van der Waals surface area contributed by atoms with Crippen molar-refractivity contribution in [2.24, 2.45) is 0 Å². The lowest BCUT2D eigenvalue weighted by molar-refractivity contribution is -0.144. The summed E-state index contributed by atoms with van der Waals surface area (Å²) in [5.74, 6) is -1.59. The van der Waals surface area contributed by atoms with E-state index >= 15 is 0 Å². The summed E-state index contributed by atoms with van der Waals surface area (Å²) in [6, 6.07) is 6.81. The average molecular weight is 275 g/mol. The molecule has 0 spiro atoms. The Bertz CT molecular complexity index is 404. The van der Waals surface area contributed by atoms with Crippen LogP contribution in [0.5, 0.6) is 0 Å². The first kappa shape index (κ1) is 13.9. The van der Waals surface area contributed by atoms with Crippen molar-refractivity contribution in [3.8, 4) is 0 Å². The molecule has 0 aromatic heterocycles. The van der Waals surface area contributed by atoms with Crippen molar-refractivity contribution in [1.29, 1.82) is 0 Å². The zero-order valence-corrected chi connectivity index (χ0v) is 10.6. The van der Waals surface area contributed by atoms with Gasteiger partial charge in [-0.3, -0.25) is 9.59 Å². The van der Waals surface area contributed by atoms with E-state index < -0.39 is 17.2 Å². The highest BCUT2D eigenvalue weighted by Crippen LogP contribution is 2.27. The summed E-state index contributed by atoms with van der Waals surface area (Å²) < 4.78 is 4.56. The molecule has 0 aliphatic carbocycles. The van der Waals surface area contributed by atoms with Crippen LogP contribution in [0.1, 0.15) is 6.42 Å². The molecule has 0 aliphatic rings. The van der Waals surface area contributed by atoms with Gasteiger partial charge < -0.3 is 9.84 Å². The average Bonchev–Trinajstić information content (AvgIpc) is 2.29. The number of hydrogen-bond donors (Lipinski definition) is 1. The topological polar surface area (TPSA) is 63.6 Å². The number of ether oxygens (including phenoxy) is 1. The van der Waals surface area contributed by atoms with Crippen molar-refractivity contribution in [2.75, 3.05) is 7.11 Å². The number of carbonyl (C=O) groups is 2. The number of rotatable bonds is 5. The molecule has 0 heterocycles. The van der Waals surface area contributed by atoms with Gasteiger partial charge in [-0.1, -0.05) is 11.6 Å². The van der Waals surface area contributed by atoms with Crippen LogP contribution in [-0.2, 0) is 14.3 Å². The van der Waals surface area contributed by atoms with Crippen molar-refractivity contribution in [3.05, 3.63) is 29.3 Å². The Morgan fingerprint density at radius 1 is 1.41 bits per heavy atom. The number of benzene rings is 1. The van der Waals surface area contributed by atoms with Crippen LogP contribution in [0.25, 0.3) is 0 Å². The van der Waals surface area contributed by atoms with Crippen molar-refractivity contribution in [2.45, 2.75) is 16.6 Å². The number of methoxy groups -OCH3 is 1. The van der Waals surface area contributed by atoms with Gasteiger partial charge in [0.25, 0.3) is 0 Å². The fourth-order valence-electron chi connectivity index (χ4n) is 1.14. The van der Waals surface area contributed by atoms with Gasteiger partial charge >= 0.3 is 11.9 Å². The lowest BCUT2D eigenvalue weighted by atomic mass is 10.3. The number of carboxylic acids is 1. The van der Waals surface area contributed by atoms with Crippen LogP contribution in [0.15, 0.2) is 29.2 Å². The van der Waals surface area contributed by atoms with Gasteiger partial charge in [0.2, 0.25) is 0 Å². The molecule has 1 rings (SSSR count). The summed E-state index contributed by atoms with van der Waals surface area (Å²) in [5, 5.41) is 8.54. The van der Waals surface area contributed by atoms with Crippen LogP contribution in [0.4, 0.5) is 0 Å². The van der Waals surface area contributed by atoms with Gasteiger partial charge in [0.1, 0.15) is 5.25 Å². The van der Waals surface area contributed by atoms with Gasteiger partial charge in [0.05, 0.1) is 13.5 Å². The Hall–Kier alpha value is -1.20. The fourth-order valence-corrected chi connectivity index (χ4v) is 2.31. The summed E-state index contributed by atoms with van der Waals surface area (Å²) in [6.45, 7) is 0. The smallest absolute Gasteiger partial charge is 0.319 e. The molecule has 1 atom stereocenters. The van der Waals surface area contributed by atoms with E-state index in [9.17, 15) is 9.59 Å². The lowest BCUT2D eigenvalue weighted by Gasteiger charge is -2.11. The van der Waals surface area contributed by atoms with Gasteiger partial charge in [-0.25, -0.2) is 0 Å². The molecule has 1 aromatic carbocycles. The van der Waals surface area contributed by atoms with E-state index in [-0.39, 0.29) is 6.42 Å². The van der Waals surface area contributed by atoms with Crippen LogP contribution in [-0.4, -0.2) is 29.4 Å². The summed E-state index contributed by atoms with van der Waals surface area (Å²) in [5.41, 5.74) is 0. The highest BCUT2D eigenvalue weighted by Gasteiger charge is 2.23. The second-order valence-corrected chi connectivity index (χ2v) is 4.89. The third-order valence-corrected chi connectivity index (χ3v) is 3.36. The molecule has 0 aliphatic heterocycles. The monoisotopic (exact) mass is 274 g/mol. The van der Waals surface area contributed by atoms with Crippen LogP contribution >= 0.6 is 23.4 Å². The van der Waals surface area contributed by atoms with E-state index in [2.05, 4.69) is 4.74 Å². The van der Waals surface area contributed by atoms with Crippen LogP contribution in [0, 0.1) is 0 Å². The maximum atomic E-state index is 11.4. The van der Waals surface area contributed by atoms with E-state index in [1.54, 1.807) is 24.3 Å². The number of thioether (sulfide) groups is 1. The lowest BCUT2D eigenvalue weighted by Crippen LogP contribution is -2.22. The second-order valence-electron chi connectivity index (χ2n) is 3.18. The molecule has 0 fully saturated rings. The number of hydrogen-bond acceptors (Lipinski definition) is 4. The fraction of sp³-hybridized carbons (Fsp3) is 0.273. The first-order valence-electron chi connectivity index (χ1n) is 4.74. The van der Waals surface area contributed by atoms with E-state index in [4.69, 9.17) is 16.7 Å². The zero-order valence-electron chi connectivity index (χ0n) is 9.05. The summed E-state index contributed by atoms with van der Waals surface area (Å²) in [6.07, 6.45) is -0.278. The molecule has 0 amide bonds. The highest BCUT2D eigenvalue weighted by atomic mass is 35.5. The van der Waals surface area contributed by atoms with Gasteiger partial charge in [-0.15, -0.1) is 11.8 Å². The Kier molecular flexibility index (Phi) is 5.31.